The maximum Gasteiger partial charge on any atom is 0.227 e. The van der Waals surface area contributed by atoms with Crippen LogP contribution >= 0.6 is 0 Å². The zero-order valence-electron chi connectivity index (χ0n) is 16.3. The minimum absolute atomic E-state index is 0.0575. The van der Waals surface area contributed by atoms with E-state index < -0.39 is 0 Å². The Hall–Kier alpha value is -2.70. The first-order valence-electron chi connectivity index (χ1n) is 10.1. The average molecular weight is 381 g/mol. The van der Waals surface area contributed by atoms with Gasteiger partial charge < -0.3 is 9.80 Å². The van der Waals surface area contributed by atoms with E-state index in [1.54, 1.807) is 17.3 Å². The van der Waals surface area contributed by atoms with E-state index in [0.29, 0.717) is 25.4 Å². The van der Waals surface area contributed by atoms with Gasteiger partial charge in [0.05, 0.1) is 12.1 Å². The van der Waals surface area contributed by atoms with Crippen molar-refractivity contribution in [3.8, 4) is 0 Å². The van der Waals surface area contributed by atoms with Crippen LogP contribution in [0.2, 0.25) is 0 Å². The third-order valence-electron chi connectivity index (χ3n) is 6.01. The largest absolute Gasteiger partial charge is 0.342 e. The Bertz CT molecular complexity index is 826. The molecule has 0 spiro atoms. The van der Waals surface area contributed by atoms with E-state index >= 15 is 0 Å². The fourth-order valence-electron chi connectivity index (χ4n) is 4.41. The zero-order valence-corrected chi connectivity index (χ0v) is 16.3. The lowest BCUT2D eigenvalue weighted by Gasteiger charge is -2.33. The Morgan fingerprint density at radius 3 is 2.82 bits per heavy atom. The van der Waals surface area contributed by atoms with Gasteiger partial charge in [-0.2, -0.15) is 5.10 Å². The number of piperidine rings is 1. The van der Waals surface area contributed by atoms with Crippen molar-refractivity contribution >= 4 is 11.8 Å². The van der Waals surface area contributed by atoms with Crippen LogP contribution in [0.3, 0.4) is 0 Å². The van der Waals surface area contributed by atoms with Crippen molar-refractivity contribution < 1.29 is 9.59 Å². The van der Waals surface area contributed by atoms with E-state index in [0.717, 1.165) is 37.9 Å². The molecule has 2 amide bonds. The summed E-state index contributed by atoms with van der Waals surface area (Å²) in [6, 6.07) is 3.83. The number of carbonyl (C=O) groups excluding carboxylic acids is 2. The van der Waals surface area contributed by atoms with Gasteiger partial charge in [-0.25, -0.2) is 0 Å². The monoisotopic (exact) mass is 381 g/mol. The van der Waals surface area contributed by atoms with Crippen LogP contribution in [0.1, 0.15) is 48.9 Å². The number of aromatic nitrogens is 3. The quantitative estimate of drug-likeness (QED) is 0.860. The number of hydrogen-bond acceptors (Lipinski definition) is 4. The molecule has 2 aromatic rings. The zero-order chi connectivity index (χ0) is 19.5. The van der Waals surface area contributed by atoms with Gasteiger partial charge in [-0.05, 0) is 36.5 Å². The Morgan fingerprint density at radius 2 is 2.11 bits per heavy atom. The Kier molecular flexibility index (Phi) is 5.41. The Labute approximate surface area is 165 Å². The average Bonchev–Trinajstić information content (AvgIpc) is 3.35. The molecule has 7 nitrogen and oxygen atoms in total. The van der Waals surface area contributed by atoms with Crippen molar-refractivity contribution in [3.05, 3.63) is 47.5 Å². The highest BCUT2D eigenvalue weighted by Crippen LogP contribution is 2.31. The molecule has 2 aliphatic heterocycles. The molecule has 1 unspecified atom stereocenters. The minimum atomic E-state index is -0.223. The van der Waals surface area contributed by atoms with Gasteiger partial charge >= 0.3 is 0 Å². The van der Waals surface area contributed by atoms with Gasteiger partial charge in [0.2, 0.25) is 11.8 Å². The normalized spacial score (nSPS) is 20.8. The number of carbonyl (C=O) groups is 2. The smallest absolute Gasteiger partial charge is 0.227 e. The van der Waals surface area contributed by atoms with Crippen LogP contribution in [-0.2, 0) is 22.6 Å². The van der Waals surface area contributed by atoms with Gasteiger partial charge in [0.25, 0.3) is 0 Å². The number of pyridine rings is 1. The highest BCUT2D eigenvalue weighted by atomic mass is 16.2. The number of nitrogens with one attached hydrogen (secondary N) is 1. The molecule has 0 aromatic carbocycles. The summed E-state index contributed by atoms with van der Waals surface area (Å²) < 4.78 is 0. The minimum Gasteiger partial charge on any atom is -0.342 e. The highest BCUT2D eigenvalue weighted by Gasteiger charge is 2.37. The number of aryl methyl sites for hydroxylation is 1. The van der Waals surface area contributed by atoms with Crippen molar-refractivity contribution in [2.45, 2.75) is 45.1 Å². The first-order chi connectivity index (χ1) is 13.7. The molecular weight excluding hydrogens is 354 g/mol. The fraction of sp³-hybridized carbons (Fsp3) is 0.524. The molecule has 4 heterocycles. The summed E-state index contributed by atoms with van der Waals surface area (Å²) in [5, 5.41) is 7.33. The van der Waals surface area contributed by atoms with Crippen molar-refractivity contribution in [1.29, 1.82) is 0 Å². The van der Waals surface area contributed by atoms with Gasteiger partial charge in [0.15, 0.2) is 0 Å². The summed E-state index contributed by atoms with van der Waals surface area (Å²) in [6.07, 6.45) is 8.59. The van der Waals surface area contributed by atoms with Gasteiger partial charge in [0, 0.05) is 56.6 Å². The first kappa shape index (κ1) is 18.7. The molecule has 7 heteroatoms. The van der Waals surface area contributed by atoms with E-state index in [9.17, 15) is 9.59 Å². The molecule has 0 saturated carbocycles. The lowest BCUT2D eigenvalue weighted by molar-refractivity contribution is -0.136. The number of hydrogen-bond donors (Lipinski definition) is 1. The van der Waals surface area contributed by atoms with Gasteiger partial charge in [-0.15, -0.1) is 0 Å². The molecule has 4 rings (SSSR count). The lowest BCUT2D eigenvalue weighted by atomic mass is 9.90. The summed E-state index contributed by atoms with van der Waals surface area (Å²) in [4.78, 5) is 33.2. The molecule has 0 bridgehead atoms. The molecule has 1 atom stereocenters. The Balaban J connectivity index is 1.32. The number of likely N-dealkylation sites (tertiary alicyclic amines) is 2. The molecule has 1 N–H and O–H groups in total. The molecule has 148 valence electrons. The van der Waals surface area contributed by atoms with E-state index in [4.69, 9.17) is 0 Å². The van der Waals surface area contributed by atoms with Crippen LogP contribution in [0.15, 0.2) is 30.7 Å². The third-order valence-corrected chi connectivity index (χ3v) is 6.01. The second kappa shape index (κ2) is 8.12. The predicted octanol–water partition coefficient (Wildman–Crippen LogP) is 2.12. The van der Waals surface area contributed by atoms with Crippen LogP contribution in [0.4, 0.5) is 0 Å². The molecule has 0 radical (unpaired) electrons. The van der Waals surface area contributed by atoms with Crippen molar-refractivity contribution in [3.63, 3.8) is 0 Å². The number of aromatic amines is 1. The van der Waals surface area contributed by atoms with Crippen molar-refractivity contribution in [2.24, 2.45) is 5.92 Å². The molecule has 2 aromatic heterocycles. The first-order valence-corrected chi connectivity index (χ1v) is 10.1. The molecule has 2 fully saturated rings. The summed E-state index contributed by atoms with van der Waals surface area (Å²) >= 11 is 0. The Morgan fingerprint density at radius 1 is 1.29 bits per heavy atom. The number of H-pyrrole nitrogens is 1. The van der Waals surface area contributed by atoms with Crippen LogP contribution in [-0.4, -0.2) is 56.4 Å². The summed E-state index contributed by atoms with van der Waals surface area (Å²) in [5.41, 5.74) is 3.50. The number of amides is 2. The van der Waals surface area contributed by atoms with Crippen LogP contribution < -0.4 is 0 Å². The standard InChI is InChI=1S/C21H27N5O2/c1-2-16-12-23-24-20(16)17-5-8-25(9-6-17)21(28)18-10-19(27)26(14-18)13-15-4-3-7-22-11-15/h3-4,7,11-12,17-18H,2,5-6,8-10,13-14H2,1H3,(H,23,24). The van der Waals surface area contributed by atoms with Crippen molar-refractivity contribution in [2.75, 3.05) is 19.6 Å². The molecule has 2 aliphatic rings. The van der Waals surface area contributed by atoms with Crippen LogP contribution in [0.25, 0.3) is 0 Å². The second-order valence-electron chi connectivity index (χ2n) is 7.80. The van der Waals surface area contributed by atoms with E-state index in [-0.39, 0.29) is 17.7 Å². The molecule has 0 aliphatic carbocycles. The topological polar surface area (TPSA) is 82.2 Å². The van der Waals surface area contributed by atoms with Crippen molar-refractivity contribution in [1.82, 2.24) is 25.0 Å². The van der Waals surface area contributed by atoms with Crippen LogP contribution in [0, 0.1) is 5.92 Å². The number of nitrogens with zero attached hydrogens (tertiary/aromatic N) is 4. The number of rotatable bonds is 5. The molecule has 28 heavy (non-hydrogen) atoms. The summed E-state index contributed by atoms with van der Waals surface area (Å²) in [5.74, 6) is 0.399. The van der Waals surface area contributed by atoms with E-state index in [1.807, 2.05) is 23.2 Å². The maximum absolute atomic E-state index is 13.0. The van der Waals surface area contributed by atoms with E-state index in [2.05, 4.69) is 22.1 Å². The highest BCUT2D eigenvalue weighted by molar-refractivity contribution is 5.89. The van der Waals surface area contributed by atoms with Crippen LogP contribution in [0.5, 0.6) is 0 Å². The predicted molar refractivity (Wildman–Crippen MR) is 104 cm³/mol. The van der Waals surface area contributed by atoms with Gasteiger partial charge in [-0.3, -0.25) is 19.7 Å². The van der Waals surface area contributed by atoms with Gasteiger partial charge in [-0.1, -0.05) is 13.0 Å². The van der Waals surface area contributed by atoms with E-state index in [1.165, 1.54) is 11.3 Å². The summed E-state index contributed by atoms with van der Waals surface area (Å²) in [7, 11) is 0. The maximum atomic E-state index is 13.0. The lowest BCUT2D eigenvalue weighted by Crippen LogP contribution is -2.42. The van der Waals surface area contributed by atoms with Gasteiger partial charge in [0.1, 0.15) is 0 Å². The SMILES string of the molecule is CCc1cn[nH]c1C1CCN(C(=O)C2CC(=O)N(Cc3cccnc3)C2)CC1. The third kappa shape index (κ3) is 3.79. The fourth-order valence-corrected chi connectivity index (χ4v) is 4.41. The second-order valence-corrected chi connectivity index (χ2v) is 7.80. The molecule has 2 saturated heterocycles. The summed E-state index contributed by atoms with van der Waals surface area (Å²) in [6.45, 7) is 4.67. The molecular formula is C21H27N5O2.